The number of nitrogens with one attached hydrogen (secondary N) is 1. The zero-order valence-electron chi connectivity index (χ0n) is 15.4. The average molecular weight is 354 g/mol. The number of methoxy groups -OCH3 is 1. The summed E-state index contributed by atoms with van der Waals surface area (Å²) >= 11 is 0. The lowest BCUT2D eigenvalue weighted by Crippen LogP contribution is -2.35. The van der Waals surface area contributed by atoms with Gasteiger partial charge < -0.3 is 15.0 Å². The number of hydrogen-bond acceptors (Lipinski definition) is 5. The van der Waals surface area contributed by atoms with Gasteiger partial charge in [-0.3, -0.25) is 4.79 Å². The Kier molecular flexibility index (Phi) is 6.04. The number of piperidine rings is 1. The van der Waals surface area contributed by atoms with Crippen LogP contribution in [0.1, 0.15) is 35.8 Å². The molecule has 1 N–H and O–H groups in total. The molecule has 2 heterocycles. The molecular formula is C20H26N4O2. The van der Waals surface area contributed by atoms with Crippen molar-refractivity contribution in [2.24, 2.45) is 5.92 Å². The molecule has 1 aromatic carbocycles. The first-order valence-corrected chi connectivity index (χ1v) is 9.15. The second-order valence-electron chi connectivity index (χ2n) is 6.77. The van der Waals surface area contributed by atoms with E-state index >= 15 is 0 Å². The van der Waals surface area contributed by atoms with Crippen LogP contribution >= 0.6 is 0 Å². The number of ether oxygens (including phenoxy) is 1. The number of nitrogens with zero attached hydrogens (tertiary/aromatic N) is 3. The zero-order valence-corrected chi connectivity index (χ0v) is 15.4. The summed E-state index contributed by atoms with van der Waals surface area (Å²) in [5, 5.41) is 2.93. The van der Waals surface area contributed by atoms with Gasteiger partial charge in [0.15, 0.2) is 0 Å². The van der Waals surface area contributed by atoms with Gasteiger partial charge in [-0.2, -0.15) is 0 Å². The molecular weight excluding hydrogens is 328 g/mol. The van der Waals surface area contributed by atoms with Crippen molar-refractivity contribution >= 4 is 11.9 Å². The largest absolute Gasteiger partial charge is 0.497 e. The minimum atomic E-state index is -0.160. The van der Waals surface area contributed by atoms with Crippen molar-refractivity contribution in [1.29, 1.82) is 0 Å². The molecule has 1 aromatic heterocycles. The molecule has 0 aliphatic carbocycles. The lowest BCUT2D eigenvalue weighted by atomic mass is 10.00. The van der Waals surface area contributed by atoms with Gasteiger partial charge in [0.25, 0.3) is 5.91 Å². The van der Waals surface area contributed by atoms with Crippen LogP contribution in [0.3, 0.4) is 0 Å². The second-order valence-corrected chi connectivity index (χ2v) is 6.77. The third-order valence-electron chi connectivity index (χ3n) is 4.80. The van der Waals surface area contributed by atoms with Gasteiger partial charge in [-0.25, -0.2) is 9.97 Å². The number of amides is 1. The maximum absolute atomic E-state index is 12.4. The van der Waals surface area contributed by atoms with E-state index in [2.05, 4.69) is 27.1 Å². The van der Waals surface area contributed by atoms with Gasteiger partial charge in [0, 0.05) is 25.8 Å². The topological polar surface area (TPSA) is 67.3 Å². The molecule has 0 radical (unpaired) electrons. The van der Waals surface area contributed by atoms with Gasteiger partial charge in [0.05, 0.1) is 7.11 Å². The van der Waals surface area contributed by atoms with E-state index < -0.39 is 0 Å². The summed E-state index contributed by atoms with van der Waals surface area (Å²) in [6.07, 6.45) is 4.71. The smallest absolute Gasteiger partial charge is 0.270 e. The number of aromatic nitrogens is 2. The van der Waals surface area contributed by atoms with Gasteiger partial charge in [-0.15, -0.1) is 0 Å². The summed E-state index contributed by atoms with van der Waals surface area (Å²) in [4.78, 5) is 23.3. The molecule has 138 valence electrons. The first kappa shape index (κ1) is 18.2. The molecule has 0 atom stereocenters. The first-order valence-electron chi connectivity index (χ1n) is 9.15. The van der Waals surface area contributed by atoms with Crippen LogP contribution in [-0.2, 0) is 6.42 Å². The molecule has 1 fully saturated rings. The Bertz CT molecular complexity index is 725. The molecule has 1 aliphatic heterocycles. The van der Waals surface area contributed by atoms with Crippen molar-refractivity contribution in [1.82, 2.24) is 15.3 Å². The standard InChI is InChI=1S/C20H26N4O2/c1-15-9-13-24(14-10-15)20-22-12-8-18(23-20)19(25)21-11-7-16-3-5-17(26-2)6-4-16/h3-6,8,12,15H,7,9-11,13-14H2,1-2H3,(H,21,25). The molecule has 0 spiro atoms. The number of anilines is 1. The highest BCUT2D eigenvalue weighted by Crippen LogP contribution is 2.19. The SMILES string of the molecule is COc1ccc(CCNC(=O)c2ccnc(N3CCC(C)CC3)n2)cc1. The third kappa shape index (κ3) is 4.71. The van der Waals surface area contributed by atoms with Gasteiger partial charge in [0.1, 0.15) is 11.4 Å². The van der Waals surface area contributed by atoms with Gasteiger partial charge in [0.2, 0.25) is 5.95 Å². The fourth-order valence-electron chi connectivity index (χ4n) is 3.04. The zero-order chi connectivity index (χ0) is 18.4. The number of hydrogen-bond donors (Lipinski definition) is 1. The van der Waals surface area contributed by atoms with E-state index in [0.29, 0.717) is 18.2 Å². The lowest BCUT2D eigenvalue weighted by Gasteiger charge is -2.30. The van der Waals surface area contributed by atoms with Crippen LogP contribution in [0.15, 0.2) is 36.5 Å². The van der Waals surface area contributed by atoms with E-state index in [1.54, 1.807) is 19.4 Å². The van der Waals surface area contributed by atoms with Crippen LogP contribution in [0, 0.1) is 5.92 Å². The quantitative estimate of drug-likeness (QED) is 0.864. The minimum absolute atomic E-state index is 0.160. The lowest BCUT2D eigenvalue weighted by molar-refractivity contribution is 0.0949. The van der Waals surface area contributed by atoms with E-state index in [1.165, 1.54) is 0 Å². The van der Waals surface area contributed by atoms with Crippen molar-refractivity contribution in [2.45, 2.75) is 26.2 Å². The summed E-state index contributed by atoms with van der Waals surface area (Å²) in [6, 6.07) is 9.52. The predicted octanol–water partition coefficient (Wildman–Crippen LogP) is 2.69. The Morgan fingerprint density at radius 2 is 1.96 bits per heavy atom. The van der Waals surface area contributed by atoms with E-state index in [4.69, 9.17) is 4.74 Å². The Labute approximate surface area is 154 Å². The highest BCUT2D eigenvalue weighted by atomic mass is 16.5. The maximum atomic E-state index is 12.4. The predicted molar refractivity (Wildman–Crippen MR) is 102 cm³/mol. The highest BCUT2D eigenvalue weighted by molar-refractivity contribution is 5.92. The number of carbonyl (C=O) groups is 1. The summed E-state index contributed by atoms with van der Waals surface area (Å²) in [5.74, 6) is 2.07. The van der Waals surface area contributed by atoms with E-state index in [1.807, 2.05) is 24.3 Å². The number of rotatable bonds is 6. The molecule has 1 saturated heterocycles. The Balaban J connectivity index is 1.53. The van der Waals surface area contributed by atoms with Gasteiger partial charge in [-0.1, -0.05) is 19.1 Å². The maximum Gasteiger partial charge on any atom is 0.270 e. The van der Waals surface area contributed by atoms with Crippen LogP contribution in [0.2, 0.25) is 0 Å². The molecule has 2 aromatic rings. The van der Waals surface area contributed by atoms with Gasteiger partial charge in [-0.05, 0) is 48.9 Å². The molecule has 0 saturated carbocycles. The van der Waals surface area contributed by atoms with Crippen molar-refractivity contribution in [3.8, 4) is 5.75 Å². The fourth-order valence-corrected chi connectivity index (χ4v) is 3.04. The van der Waals surface area contributed by atoms with Crippen molar-refractivity contribution in [3.63, 3.8) is 0 Å². The molecule has 6 nitrogen and oxygen atoms in total. The Hall–Kier alpha value is -2.63. The van der Waals surface area contributed by atoms with E-state index in [9.17, 15) is 4.79 Å². The molecule has 26 heavy (non-hydrogen) atoms. The molecule has 3 rings (SSSR count). The number of benzene rings is 1. The van der Waals surface area contributed by atoms with Crippen LogP contribution in [0.4, 0.5) is 5.95 Å². The first-order chi connectivity index (χ1) is 12.7. The highest BCUT2D eigenvalue weighted by Gasteiger charge is 2.19. The van der Waals surface area contributed by atoms with Crippen LogP contribution in [-0.4, -0.2) is 42.6 Å². The second kappa shape index (κ2) is 8.65. The molecule has 0 bridgehead atoms. The third-order valence-corrected chi connectivity index (χ3v) is 4.80. The van der Waals surface area contributed by atoms with Crippen molar-refractivity contribution < 1.29 is 9.53 Å². The summed E-state index contributed by atoms with van der Waals surface area (Å²) < 4.78 is 5.15. The normalized spacial score (nSPS) is 14.9. The van der Waals surface area contributed by atoms with E-state index in [-0.39, 0.29) is 5.91 Å². The Morgan fingerprint density at radius 1 is 1.23 bits per heavy atom. The minimum Gasteiger partial charge on any atom is -0.497 e. The van der Waals surface area contributed by atoms with Crippen LogP contribution < -0.4 is 15.0 Å². The van der Waals surface area contributed by atoms with Crippen LogP contribution in [0.5, 0.6) is 5.75 Å². The molecule has 0 unspecified atom stereocenters. The average Bonchev–Trinajstić information content (AvgIpc) is 2.69. The fraction of sp³-hybridized carbons (Fsp3) is 0.450. The summed E-state index contributed by atoms with van der Waals surface area (Å²) in [5.41, 5.74) is 1.57. The Morgan fingerprint density at radius 3 is 2.65 bits per heavy atom. The molecule has 1 aliphatic rings. The van der Waals surface area contributed by atoms with Gasteiger partial charge >= 0.3 is 0 Å². The van der Waals surface area contributed by atoms with Crippen LogP contribution in [0.25, 0.3) is 0 Å². The summed E-state index contributed by atoms with van der Waals surface area (Å²) in [6.45, 7) is 4.73. The molecule has 1 amide bonds. The monoisotopic (exact) mass is 354 g/mol. The summed E-state index contributed by atoms with van der Waals surface area (Å²) in [7, 11) is 1.65. The molecule has 6 heteroatoms. The number of carbonyl (C=O) groups excluding carboxylic acids is 1. The van der Waals surface area contributed by atoms with E-state index in [0.717, 1.165) is 49.6 Å². The van der Waals surface area contributed by atoms with Crippen molar-refractivity contribution in [3.05, 3.63) is 47.8 Å². The van der Waals surface area contributed by atoms with Crippen molar-refractivity contribution in [2.75, 3.05) is 31.6 Å².